The van der Waals surface area contributed by atoms with E-state index in [1.54, 1.807) is 39.4 Å². The lowest BCUT2D eigenvalue weighted by atomic mass is 8.30. The number of halogens is 1. The van der Waals surface area contributed by atoms with Gasteiger partial charge >= 0.3 is 23.9 Å². The van der Waals surface area contributed by atoms with Crippen molar-refractivity contribution in [1.29, 1.82) is 0 Å². The molecule has 63 heteroatoms. The van der Waals surface area contributed by atoms with Crippen molar-refractivity contribution in [3.63, 3.8) is 0 Å². The number of para-hydroxylation sites is 1. The number of thiocarbonyl (C=S) groups is 1. The van der Waals surface area contributed by atoms with Crippen molar-refractivity contribution in [2.45, 2.75) is 23.0 Å². The summed E-state index contributed by atoms with van der Waals surface area (Å²) in [4.78, 5) is 69.6. The summed E-state index contributed by atoms with van der Waals surface area (Å²) in [6.45, 7) is 12.9. The highest BCUT2D eigenvalue weighted by atomic mass is 35.5. The highest BCUT2D eigenvalue weighted by Crippen LogP contribution is 2.31. The maximum absolute atomic E-state index is 11.9. The number of nitrogens with zero attached hydrogens (tertiary/aromatic N) is 11. The Labute approximate surface area is 868 Å². The molecule has 8 aromatic heterocycles. The molecule has 0 aliphatic heterocycles. The lowest BCUT2D eigenvalue weighted by molar-refractivity contribution is -0.117. The second-order valence-corrected chi connectivity index (χ2v) is 29.0. The van der Waals surface area contributed by atoms with Crippen LogP contribution in [0.15, 0.2) is 347 Å². The molecule has 9 aromatic rings. The van der Waals surface area contributed by atoms with Crippen LogP contribution in [0.3, 0.4) is 0 Å². The first-order valence-corrected chi connectivity index (χ1v) is 41.9. The molecule has 625 valence electrons. The van der Waals surface area contributed by atoms with Crippen LogP contribution in [0.5, 0.6) is 0 Å². The summed E-state index contributed by atoms with van der Waals surface area (Å²) < 4.78 is 5.09. The number of imidazole rings is 1. The van der Waals surface area contributed by atoms with Gasteiger partial charge in [-0.05, 0) is 227 Å². The van der Waals surface area contributed by atoms with E-state index in [1.165, 1.54) is 84.4 Å². The Bertz CT molecular complexity index is 7220. The quantitative estimate of drug-likeness (QED) is 0.00674. The Morgan fingerprint density at radius 1 is 0.472 bits per heavy atom. The number of nitrogens with one attached hydrogen (secondary N) is 3. The van der Waals surface area contributed by atoms with Gasteiger partial charge in [0.15, 0.2) is 27.5 Å². The van der Waals surface area contributed by atoms with E-state index in [0.29, 0.717) is 48.7 Å². The summed E-state index contributed by atoms with van der Waals surface area (Å²) in [6, 6.07) is 25.0. The number of aromatic nitrogens is 11. The Morgan fingerprint density at radius 2 is 0.845 bits per heavy atom. The van der Waals surface area contributed by atoms with Crippen molar-refractivity contribution in [1.82, 2.24) is 53.8 Å². The number of anilines is 2. The van der Waals surface area contributed by atoms with Gasteiger partial charge in [0.25, 0.3) is 0 Å². The van der Waals surface area contributed by atoms with Crippen LogP contribution in [0, 0.1) is 10.7 Å². The van der Waals surface area contributed by atoms with Gasteiger partial charge in [-0.3, -0.25) is 30.4 Å². The number of hydrazine groups is 2. The molecule has 0 saturated heterocycles. The summed E-state index contributed by atoms with van der Waals surface area (Å²) >= 11 is 16.0. The number of nitrogens with two attached hydrogens (primary N) is 3. The molecule has 0 spiro atoms. The minimum absolute atomic E-state index is 0.0119. The molecule has 0 unspecified atom stereocenters. The lowest BCUT2D eigenvalue weighted by Gasteiger charge is -2.51. The average molecular weight is 1870 g/mol. The maximum atomic E-state index is 11.9. The zero-order valence-corrected chi connectivity index (χ0v) is 78.2. The number of amides is 1. The molecule has 142 heavy (non-hydrogen) atoms. The van der Waals surface area contributed by atoms with E-state index in [-0.39, 0.29) is 34.1 Å². The number of aromatic carboxylic acids is 4. The summed E-state index contributed by atoms with van der Waals surface area (Å²) in [5, 5.41) is 60.3. The Morgan fingerprint density at radius 3 is 1.19 bits per heavy atom. The van der Waals surface area contributed by atoms with Crippen molar-refractivity contribution >= 4 is 351 Å². The van der Waals surface area contributed by atoms with Crippen molar-refractivity contribution in [3.05, 3.63) is 364 Å². The van der Waals surface area contributed by atoms with Gasteiger partial charge in [0.05, 0.1) is 39.3 Å². The van der Waals surface area contributed by atoms with Crippen LogP contribution >= 0.6 is 47.8 Å². The maximum Gasteiger partial charge on any atom is 0.337 e. The molecule has 0 bridgehead atoms. The molecule has 1 amide bonds. The molecular formula is C79H46B33ClN17O9S3. The third kappa shape index (κ3) is 47.5. The molecule has 13 N–H and O–H groups in total. The number of carbonyl (C=O) groups is 5. The van der Waals surface area contributed by atoms with Crippen molar-refractivity contribution in [3.8, 4) is 0 Å². The first kappa shape index (κ1) is 124. The highest BCUT2D eigenvalue weighted by molar-refractivity contribution is 8.29. The van der Waals surface area contributed by atoms with E-state index in [4.69, 9.17) is 177 Å². The minimum Gasteiger partial charge on any atom is -0.478 e. The van der Waals surface area contributed by atoms with Crippen LogP contribution in [0.1, 0.15) is 54.3 Å². The number of aliphatic imine (C=N–C) groups is 1. The first-order valence-electron chi connectivity index (χ1n) is 39.9. The van der Waals surface area contributed by atoms with Crippen LogP contribution in [0.2, 0.25) is 5.15 Å². The van der Waals surface area contributed by atoms with Crippen LogP contribution in [0.25, 0.3) is 16.9 Å². The van der Waals surface area contributed by atoms with Gasteiger partial charge in [0.1, 0.15) is 16.0 Å². The number of hydrogen-bond donors (Lipinski definition) is 10. The standard InChI is InChI=1S/C33H4.C17H13N7O3S.C7H5N3O2S.C7H5NS.C6H4ClNO2.C6H7N3O2.C3H4.B33.H4N2/c1-3-5-7-9-11-13-15-17-19-21-23-25-27-29-31-33-32-30-28-26-24-22-20-18-16-14-12-10-8-6-4-2;25-15(9-1-2-9)19-11-8-24-12(18-11)5-6-14(22-24)28-17-21-20-13-4-3-10(16(26)27)7-23(13)17;11-6(12)4-1-2-5-8-9-7(13)10(5)3-4;9-6-8-7-4-2-1-3-5-7;7-5-2-1-4(3-8-5)6(9)10;7-9-5-2-1-4(3-8-5)6(10)11;1-3-2;1-18-27(19(2)3)31(26(16)17)33(30(24(12)13)25(14)15)32(28(20(4)5)21(6)7)29(22(8)9)23(10)11;1-2/h1-2H2;3-9H,1-2H2,(H,19,25)(H,26,27);1-3H,(H,9,13)(H,11,12);1-5H;1-3H,(H,9,10);1-3H,7H2,(H,8,9)(H,10,11);1-2H2;;1-2H2. The number of pyridine rings is 4. The molecule has 8 heterocycles. The number of benzene rings is 1. The number of fused-ring (bicyclic) bond motifs is 3. The zero-order chi connectivity index (χ0) is 106. The van der Waals surface area contributed by atoms with Crippen LogP contribution < -0.4 is 28.3 Å². The van der Waals surface area contributed by atoms with Crippen molar-refractivity contribution in [2.24, 2.45) is 28.4 Å². The first-order chi connectivity index (χ1) is 68.0. The molecular weight excluding hydrogens is 1820 g/mol. The second-order valence-electron chi connectivity index (χ2n) is 27.1. The number of aromatic amines is 1. The summed E-state index contributed by atoms with van der Waals surface area (Å²) in [5.41, 5.74) is 84.6. The Hall–Kier alpha value is -14.3. The normalized spacial score (nSPS) is 8.76. The van der Waals surface area contributed by atoms with Gasteiger partial charge in [0, 0.05) is 340 Å². The number of carboxylic acid groups (broad SMARTS) is 4. The third-order valence-electron chi connectivity index (χ3n) is 17.4. The van der Waals surface area contributed by atoms with Crippen LogP contribution in [0.4, 0.5) is 17.3 Å². The fourth-order valence-corrected chi connectivity index (χ4v) is 12.7. The van der Waals surface area contributed by atoms with Crippen molar-refractivity contribution < 1.29 is 44.4 Å². The molecule has 1 aliphatic carbocycles. The number of carbonyl (C=O) groups excluding carboxylic acids is 1. The average Bonchev–Trinajstić information content (AvgIpc) is 1.14. The molecule has 1 aromatic carbocycles. The molecule has 26 nitrogen and oxygen atoms in total. The van der Waals surface area contributed by atoms with E-state index in [0.717, 1.165) is 18.5 Å². The fourth-order valence-electron chi connectivity index (χ4n) is 11.5. The molecule has 35 radical (unpaired) electrons. The SMILES string of the molecule is C=C=C.C=C=C=C=C=C=C=C=C=C=C=C=C=C=C=C=C=C=C=C=C=C=C=C=C=C=C=C=C=C=C=C=C.NN.NNc1ccc(C(=O)O)cn1.O=C(O)c1ccc(Cl)nc1.O=C(O)c1ccc2n[nH]c(=S)n2c1.O=C(O)c1ccc2nnc(Sc3ccc4nc(NC(=O)C5CC5)cn4n3)n2c1.S=C=Nc1ccccc1.[B][B]B(B([B])[B])B(B([B])[B])B(B(B([B])[B])B([B])[B])B(B(B([B])[B])B([B])[B])B(B([B])[B])B([B])[B]. The Balaban J connectivity index is 0.000000584. The number of isothiocyanates is 1. The minimum atomic E-state index is -1.10. The van der Waals surface area contributed by atoms with Gasteiger partial charge in [-0.15, -0.1) is 15.9 Å². The van der Waals surface area contributed by atoms with Gasteiger partial charge < -0.3 is 31.2 Å². The van der Waals surface area contributed by atoms with Crippen LogP contribution in [-0.4, -0.2) is 344 Å². The molecule has 1 fully saturated rings. The molecule has 10 rings (SSSR count). The number of hydrogen-bond acceptors (Lipinski definition) is 20. The number of carboxylic acids is 4. The topological polar surface area (TPSA) is 400 Å². The zero-order valence-electron chi connectivity index (χ0n) is 75.0. The second kappa shape index (κ2) is 71.1. The summed E-state index contributed by atoms with van der Waals surface area (Å²) in [7, 11) is 105. The smallest absolute Gasteiger partial charge is 0.337 e. The van der Waals surface area contributed by atoms with Gasteiger partial charge in [0.2, 0.25) is 11.1 Å². The number of H-pyrrole nitrogens is 1. The predicted octanol–water partition coefficient (Wildman–Crippen LogP) is -0.201. The van der Waals surface area contributed by atoms with E-state index in [9.17, 15) is 29.1 Å². The summed E-state index contributed by atoms with van der Waals surface area (Å²) in [6.07, 6.45) is -5.94. The monoisotopic (exact) mass is 1870 g/mol. The Kier molecular flexibility index (Phi) is 62.0. The highest BCUT2D eigenvalue weighted by Gasteiger charge is 2.54. The predicted molar refractivity (Wildman–Crippen MR) is 595 cm³/mol. The van der Waals surface area contributed by atoms with Crippen LogP contribution in [-0.2, 0) is 4.79 Å². The van der Waals surface area contributed by atoms with E-state index in [1.807, 2.05) is 30.3 Å². The third-order valence-corrected chi connectivity index (χ3v) is 18.9. The molecule has 1 saturated carbocycles. The van der Waals surface area contributed by atoms with E-state index in [2.05, 4.69) is 295 Å². The fraction of sp³-hybridized carbons (Fsp3) is 0.0380. The summed E-state index contributed by atoms with van der Waals surface area (Å²) in [5.74, 6) is 10.0. The van der Waals surface area contributed by atoms with Crippen molar-refractivity contribution in [2.75, 3.05) is 10.7 Å². The van der Waals surface area contributed by atoms with E-state index < -0.39 is 120 Å². The van der Waals surface area contributed by atoms with Gasteiger partial charge in [-0.2, -0.15) is 15.2 Å². The number of nitrogen functional groups attached to an aromatic ring is 1. The van der Waals surface area contributed by atoms with E-state index >= 15 is 0 Å². The van der Waals surface area contributed by atoms with Gasteiger partial charge in [-0.25, -0.2) is 44.5 Å². The molecule has 1 aliphatic rings. The number of rotatable bonds is 25. The largest absolute Gasteiger partial charge is 0.478 e. The molecule has 0 atom stereocenters. The van der Waals surface area contributed by atoms with Gasteiger partial charge in [-0.1, -0.05) is 54.4 Å². The lowest BCUT2D eigenvalue weighted by Crippen LogP contribution is -2.89.